The number of fused-ring (bicyclic) bond motifs is 1. The van der Waals surface area contributed by atoms with Crippen molar-refractivity contribution in [3.63, 3.8) is 0 Å². The minimum atomic E-state index is 0.719. The fourth-order valence-corrected chi connectivity index (χ4v) is 2.28. The molecular formula is C11H14N2. The molecule has 0 amide bonds. The molecule has 0 aromatic heterocycles. The minimum Gasteiger partial charge on any atom is -0.285 e. The molecule has 2 aliphatic heterocycles. The summed E-state index contributed by atoms with van der Waals surface area (Å²) in [7, 11) is 0. The first-order valence-electron chi connectivity index (χ1n) is 5.08. The topological polar surface area (TPSA) is 6.02 Å². The molecule has 2 atom stereocenters. The highest BCUT2D eigenvalue weighted by atomic mass is 15.9. The molecule has 0 N–H and O–H groups in total. The van der Waals surface area contributed by atoms with Crippen molar-refractivity contribution in [3.05, 3.63) is 30.3 Å². The average molecular weight is 174 g/mol. The van der Waals surface area contributed by atoms with Crippen LogP contribution in [0.5, 0.6) is 0 Å². The molecule has 0 radical (unpaired) electrons. The van der Waals surface area contributed by atoms with Crippen LogP contribution in [0, 0.1) is 0 Å². The summed E-state index contributed by atoms with van der Waals surface area (Å²) < 4.78 is 0. The Morgan fingerprint density at radius 1 is 1.08 bits per heavy atom. The third-order valence-corrected chi connectivity index (χ3v) is 2.97. The summed E-state index contributed by atoms with van der Waals surface area (Å²) in [6, 6.07) is 10.7. The normalized spacial score (nSPS) is 31.2. The summed E-state index contributed by atoms with van der Waals surface area (Å²) in [6.45, 7) is 1.25. The van der Waals surface area contributed by atoms with Crippen LogP contribution in [0.25, 0.3) is 0 Å². The summed E-state index contributed by atoms with van der Waals surface area (Å²) in [5, 5.41) is 4.89. The smallest absolute Gasteiger partial charge is 0.115 e. The lowest BCUT2D eigenvalue weighted by Crippen LogP contribution is -2.10. The molecule has 2 unspecified atom stereocenters. The van der Waals surface area contributed by atoms with Crippen molar-refractivity contribution >= 4 is 5.69 Å². The zero-order valence-corrected chi connectivity index (χ0v) is 7.69. The zero-order chi connectivity index (χ0) is 8.67. The number of hydrogen-bond acceptors (Lipinski definition) is 2. The highest BCUT2D eigenvalue weighted by molar-refractivity contribution is 5.50. The van der Waals surface area contributed by atoms with Crippen molar-refractivity contribution in [2.45, 2.75) is 25.4 Å². The Hall–Kier alpha value is -1.02. The molecule has 0 aliphatic carbocycles. The van der Waals surface area contributed by atoms with Gasteiger partial charge in [-0.3, -0.25) is 5.01 Å². The predicted octanol–water partition coefficient (Wildman–Crippen LogP) is 2.23. The SMILES string of the molecule is c1ccc(N2C3CCCCN32)cc1. The molecule has 2 saturated heterocycles. The van der Waals surface area contributed by atoms with Gasteiger partial charge in [0.25, 0.3) is 0 Å². The lowest BCUT2D eigenvalue weighted by Gasteiger charge is -2.05. The lowest BCUT2D eigenvalue weighted by molar-refractivity contribution is 0.406. The van der Waals surface area contributed by atoms with Crippen LogP contribution in [-0.4, -0.2) is 17.7 Å². The van der Waals surface area contributed by atoms with Crippen LogP contribution in [0.4, 0.5) is 5.69 Å². The van der Waals surface area contributed by atoms with Gasteiger partial charge >= 0.3 is 0 Å². The second kappa shape index (κ2) is 2.74. The van der Waals surface area contributed by atoms with Gasteiger partial charge in [-0.2, -0.15) is 5.01 Å². The molecule has 1 aromatic rings. The van der Waals surface area contributed by atoms with Gasteiger partial charge in [-0.15, -0.1) is 0 Å². The molecule has 1 aromatic carbocycles. The Morgan fingerprint density at radius 2 is 1.92 bits per heavy atom. The van der Waals surface area contributed by atoms with E-state index < -0.39 is 0 Å². The maximum Gasteiger partial charge on any atom is 0.115 e. The van der Waals surface area contributed by atoms with Crippen LogP contribution in [0.2, 0.25) is 0 Å². The van der Waals surface area contributed by atoms with Gasteiger partial charge in [0.05, 0.1) is 5.69 Å². The van der Waals surface area contributed by atoms with E-state index >= 15 is 0 Å². The Morgan fingerprint density at radius 3 is 2.62 bits per heavy atom. The third-order valence-electron chi connectivity index (χ3n) is 2.97. The van der Waals surface area contributed by atoms with Crippen LogP contribution in [-0.2, 0) is 0 Å². The molecule has 3 rings (SSSR count). The summed E-state index contributed by atoms with van der Waals surface area (Å²) in [5.74, 6) is 0. The first-order chi connectivity index (χ1) is 6.47. The van der Waals surface area contributed by atoms with Crippen molar-refractivity contribution < 1.29 is 0 Å². The van der Waals surface area contributed by atoms with E-state index in [1.54, 1.807) is 0 Å². The number of nitrogens with zero attached hydrogens (tertiary/aromatic N) is 2. The van der Waals surface area contributed by atoms with Crippen LogP contribution in [0.1, 0.15) is 19.3 Å². The van der Waals surface area contributed by atoms with E-state index in [1.165, 1.54) is 31.5 Å². The van der Waals surface area contributed by atoms with Gasteiger partial charge in [0.15, 0.2) is 0 Å². The fourth-order valence-electron chi connectivity index (χ4n) is 2.28. The average Bonchev–Trinajstić information content (AvgIpc) is 2.93. The summed E-state index contributed by atoms with van der Waals surface area (Å²) in [6.07, 6.45) is 4.82. The standard InChI is InChI=1S/C11H14N2/c1-2-6-10(7-3-1)13-11-8-4-5-9-12(11)13/h1-3,6-7,11H,4-5,8-9H2. The molecule has 2 nitrogen and oxygen atoms in total. The number of rotatable bonds is 1. The lowest BCUT2D eigenvalue weighted by atomic mass is 10.2. The quantitative estimate of drug-likeness (QED) is 0.602. The van der Waals surface area contributed by atoms with Gasteiger partial charge in [0, 0.05) is 6.54 Å². The molecule has 2 aliphatic rings. The van der Waals surface area contributed by atoms with Gasteiger partial charge in [0.2, 0.25) is 0 Å². The monoisotopic (exact) mass is 174 g/mol. The van der Waals surface area contributed by atoms with E-state index in [2.05, 4.69) is 40.3 Å². The van der Waals surface area contributed by atoms with E-state index in [0.29, 0.717) is 0 Å². The highest BCUT2D eigenvalue weighted by Gasteiger charge is 2.46. The largest absolute Gasteiger partial charge is 0.285 e. The Bertz CT molecular complexity index is 284. The van der Waals surface area contributed by atoms with Crippen molar-refractivity contribution in [2.75, 3.05) is 11.6 Å². The number of piperidine rings is 1. The molecular weight excluding hydrogens is 160 g/mol. The summed E-state index contributed by atoms with van der Waals surface area (Å²) >= 11 is 0. The van der Waals surface area contributed by atoms with Gasteiger partial charge in [0.1, 0.15) is 6.17 Å². The molecule has 0 bridgehead atoms. The maximum absolute atomic E-state index is 2.47. The number of benzene rings is 1. The third kappa shape index (κ3) is 1.13. The van der Waals surface area contributed by atoms with E-state index in [1.807, 2.05) is 0 Å². The Balaban J connectivity index is 1.82. The van der Waals surface area contributed by atoms with Crippen LogP contribution >= 0.6 is 0 Å². The van der Waals surface area contributed by atoms with E-state index in [9.17, 15) is 0 Å². The van der Waals surface area contributed by atoms with Gasteiger partial charge in [-0.25, -0.2) is 0 Å². The predicted molar refractivity (Wildman–Crippen MR) is 53.3 cm³/mol. The molecule has 0 saturated carbocycles. The minimum absolute atomic E-state index is 0.719. The van der Waals surface area contributed by atoms with Crippen molar-refractivity contribution in [1.29, 1.82) is 0 Å². The van der Waals surface area contributed by atoms with E-state index in [-0.39, 0.29) is 0 Å². The van der Waals surface area contributed by atoms with Gasteiger partial charge < -0.3 is 0 Å². The van der Waals surface area contributed by atoms with Gasteiger partial charge in [-0.05, 0) is 31.4 Å². The van der Waals surface area contributed by atoms with E-state index in [4.69, 9.17) is 0 Å². The number of hydrazine groups is 1. The molecule has 0 spiro atoms. The molecule has 68 valence electrons. The molecule has 2 fully saturated rings. The highest BCUT2D eigenvalue weighted by Crippen LogP contribution is 2.39. The first kappa shape index (κ1) is 7.39. The second-order valence-electron chi connectivity index (χ2n) is 3.82. The van der Waals surface area contributed by atoms with Crippen LogP contribution in [0.15, 0.2) is 30.3 Å². The molecule has 13 heavy (non-hydrogen) atoms. The number of para-hydroxylation sites is 1. The zero-order valence-electron chi connectivity index (χ0n) is 7.69. The number of anilines is 1. The molecule has 2 heterocycles. The van der Waals surface area contributed by atoms with Gasteiger partial charge in [-0.1, -0.05) is 18.2 Å². The summed E-state index contributed by atoms with van der Waals surface area (Å²) in [4.78, 5) is 0. The van der Waals surface area contributed by atoms with Crippen LogP contribution in [0.3, 0.4) is 0 Å². The summed E-state index contributed by atoms with van der Waals surface area (Å²) in [5.41, 5.74) is 1.36. The number of hydrogen-bond donors (Lipinski definition) is 0. The van der Waals surface area contributed by atoms with Crippen molar-refractivity contribution in [3.8, 4) is 0 Å². The maximum atomic E-state index is 2.47. The van der Waals surface area contributed by atoms with Crippen LogP contribution < -0.4 is 5.01 Å². The first-order valence-corrected chi connectivity index (χ1v) is 5.08. The fraction of sp³-hybridized carbons (Fsp3) is 0.455. The van der Waals surface area contributed by atoms with Crippen molar-refractivity contribution in [2.24, 2.45) is 0 Å². The Labute approximate surface area is 78.7 Å². The second-order valence-corrected chi connectivity index (χ2v) is 3.82. The molecule has 2 heteroatoms. The Kier molecular flexibility index (Phi) is 1.56. The van der Waals surface area contributed by atoms with Crippen molar-refractivity contribution in [1.82, 2.24) is 5.01 Å². The van der Waals surface area contributed by atoms with E-state index in [0.717, 1.165) is 6.17 Å².